The second kappa shape index (κ2) is 9.42. The molecule has 1 amide bonds. The van der Waals surface area contributed by atoms with Crippen LogP contribution in [0.3, 0.4) is 0 Å². The number of ether oxygens (including phenoxy) is 2. The van der Waals surface area contributed by atoms with E-state index in [0.717, 1.165) is 19.3 Å². The third-order valence-corrected chi connectivity index (χ3v) is 4.83. The standard InChI is InChI=1S/C19H27NO5/c1-24-11-10-19(8-3-2-4-9-19)14-20-18(23)15-6-5-7-16(12-15)25-13-17(21)22/h5-7,12H,2-4,8-11,13-14H2,1H3,(H,20,23)(H,21,22). The van der Waals surface area contributed by atoms with Crippen LogP contribution in [0, 0.1) is 5.41 Å². The summed E-state index contributed by atoms with van der Waals surface area (Å²) in [6.07, 6.45) is 6.81. The number of nitrogens with one attached hydrogen (secondary N) is 1. The number of carbonyl (C=O) groups is 2. The maximum atomic E-state index is 12.5. The maximum Gasteiger partial charge on any atom is 0.341 e. The molecule has 1 fully saturated rings. The summed E-state index contributed by atoms with van der Waals surface area (Å²) in [6.45, 7) is 0.912. The zero-order valence-corrected chi connectivity index (χ0v) is 14.8. The number of rotatable bonds is 9. The van der Waals surface area contributed by atoms with Gasteiger partial charge in [-0.1, -0.05) is 25.3 Å². The highest BCUT2D eigenvalue weighted by molar-refractivity contribution is 5.94. The van der Waals surface area contributed by atoms with Crippen LogP contribution in [-0.2, 0) is 9.53 Å². The van der Waals surface area contributed by atoms with Crippen LogP contribution in [-0.4, -0.2) is 43.9 Å². The molecular formula is C19H27NO5. The number of methoxy groups -OCH3 is 1. The van der Waals surface area contributed by atoms with Gasteiger partial charge in [0.1, 0.15) is 5.75 Å². The van der Waals surface area contributed by atoms with Gasteiger partial charge < -0.3 is 19.9 Å². The lowest BCUT2D eigenvalue weighted by Gasteiger charge is -2.37. The van der Waals surface area contributed by atoms with Crippen molar-refractivity contribution in [2.45, 2.75) is 38.5 Å². The first-order valence-electron chi connectivity index (χ1n) is 8.76. The molecular weight excluding hydrogens is 322 g/mol. The minimum atomic E-state index is -1.05. The molecule has 2 rings (SSSR count). The first-order chi connectivity index (χ1) is 12.0. The fraction of sp³-hybridized carbons (Fsp3) is 0.579. The van der Waals surface area contributed by atoms with Crippen LogP contribution in [0.5, 0.6) is 5.75 Å². The average molecular weight is 349 g/mol. The SMILES string of the molecule is COCCC1(CNC(=O)c2cccc(OCC(=O)O)c2)CCCCC1. The van der Waals surface area contributed by atoms with Crippen LogP contribution in [0.1, 0.15) is 48.9 Å². The highest BCUT2D eigenvalue weighted by atomic mass is 16.5. The molecule has 1 aliphatic rings. The zero-order chi connectivity index (χ0) is 18.1. The van der Waals surface area contributed by atoms with Crippen molar-refractivity contribution >= 4 is 11.9 Å². The van der Waals surface area contributed by atoms with Gasteiger partial charge >= 0.3 is 5.97 Å². The van der Waals surface area contributed by atoms with Crippen LogP contribution < -0.4 is 10.1 Å². The van der Waals surface area contributed by atoms with E-state index in [0.29, 0.717) is 24.5 Å². The normalized spacial score (nSPS) is 16.2. The molecule has 0 aromatic heterocycles. The van der Waals surface area contributed by atoms with Gasteiger partial charge in [-0.3, -0.25) is 4.79 Å². The number of carboxylic acid groups (broad SMARTS) is 1. The summed E-state index contributed by atoms with van der Waals surface area (Å²) in [7, 11) is 1.71. The summed E-state index contributed by atoms with van der Waals surface area (Å²) in [5.41, 5.74) is 0.585. The average Bonchev–Trinajstić information content (AvgIpc) is 2.64. The Morgan fingerprint density at radius 3 is 2.68 bits per heavy atom. The molecule has 25 heavy (non-hydrogen) atoms. The van der Waals surface area contributed by atoms with Crippen LogP contribution in [0.25, 0.3) is 0 Å². The summed E-state index contributed by atoms with van der Waals surface area (Å²) < 4.78 is 10.4. The van der Waals surface area contributed by atoms with Gasteiger partial charge in [0.15, 0.2) is 6.61 Å². The molecule has 1 aromatic rings. The van der Waals surface area contributed by atoms with Gasteiger partial charge in [-0.15, -0.1) is 0 Å². The molecule has 6 nitrogen and oxygen atoms in total. The molecule has 0 unspecified atom stereocenters. The van der Waals surface area contributed by atoms with Crippen molar-refractivity contribution in [3.63, 3.8) is 0 Å². The first kappa shape index (κ1) is 19.2. The summed E-state index contributed by atoms with van der Waals surface area (Å²) in [5.74, 6) is -0.836. The number of benzene rings is 1. The lowest BCUT2D eigenvalue weighted by Crippen LogP contribution is -2.39. The van der Waals surface area contributed by atoms with Crippen LogP contribution in [0.2, 0.25) is 0 Å². The largest absolute Gasteiger partial charge is 0.482 e. The van der Waals surface area contributed by atoms with Crippen LogP contribution in [0.4, 0.5) is 0 Å². The van der Waals surface area contributed by atoms with Crippen molar-refractivity contribution in [1.29, 1.82) is 0 Å². The van der Waals surface area contributed by atoms with Gasteiger partial charge in [0.25, 0.3) is 5.91 Å². The van der Waals surface area contributed by atoms with Crippen molar-refractivity contribution in [1.82, 2.24) is 5.32 Å². The minimum Gasteiger partial charge on any atom is -0.482 e. The van der Waals surface area contributed by atoms with Crippen molar-refractivity contribution in [3.8, 4) is 5.75 Å². The summed E-state index contributed by atoms with van der Waals surface area (Å²) in [6, 6.07) is 6.60. The number of amides is 1. The maximum absolute atomic E-state index is 12.5. The van der Waals surface area contributed by atoms with E-state index in [4.69, 9.17) is 14.6 Å². The predicted octanol–water partition coefficient (Wildman–Crippen LogP) is 2.87. The fourth-order valence-electron chi connectivity index (χ4n) is 3.38. The number of hydrogen-bond acceptors (Lipinski definition) is 4. The van der Waals surface area contributed by atoms with E-state index in [1.807, 2.05) is 0 Å². The first-order valence-corrected chi connectivity index (χ1v) is 8.76. The quantitative estimate of drug-likeness (QED) is 0.716. The molecule has 0 saturated heterocycles. The number of hydrogen-bond donors (Lipinski definition) is 2. The van der Waals surface area contributed by atoms with Crippen LogP contribution >= 0.6 is 0 Å². The van der Waals surface area contributed by atoms with E-state index in [1.54, 1.807) is 31.4 Å². The van der Waals surface area contributed by atoms with Crippen molar-refractivity contribution < 1.29 is 24.2 Å². The molecule has 0 bridgehead atoms. The Hall–Kier alpha value is -2.08. The van der Waals surface area contributed by atoms with E-state index < -0.39 is 12.6 Å². The van der Waals surface area contributed by atoms with Crippen molar-refractivity contribution in [2.75, 3.05) is 26.9 Å². The summed E-state index contributed by atoms with van der Waals surface area (Å²) in [5, 5.41) is 11.7. The number of carboxylic acids is 1. The van der Waals surface area contributed by atoms with E-state index in [2.05, 4.69) is 5.32 Å². The summed E-state index contributed by atoms with van der Waals surface area (Å²) >= 11 is 0. The molecule has 0 aliphatic heterocycles. The second-order valence-corrected chi connectivity index (χ2v) is 6.70. The third kappa shape index (κ3) is 6.05. The van der Waals surface area contributed by atoms with E-state index in [1.165, 1.54) is 19.3 Å². The zero-order valence-electron chi connectivity index (χ0n) is 14.8. The molecule has 0 radical (unpaired) electrons. The number of carbonyl (C=O) groups excluding carboxylic acids is 1. The lowest BCUT2D eigenvalue weighted by molar-refractivity contribution is -0.139. The predicted molar refractivity (Wildman–Crippen MR) is 93.9 cm³/mol. The fourth-order valence-corrected chi connectivity index (χ4v) is 3.38. The van der Waals surface area contributed by atoms with E-state index in [9.17, 15) is 9.59 Å². The Bertz CT molecular complexity index is 581. The van der Waals surface area contributed by atoms with Gasteiger partial charge in [-0.2, -0.15) is 0 Å². The smallest absolute Gasteiger partial charge is 0.341 e. The molecule has 6 heteroatoms. The van der Waals surface area contributed by atoms with Crippen LogP contribution in [0.15, 0.2) is 24.3 Å². The molecule has 0 spiro atoms. The Morgan fingerprint density at radius 1 is 1.24 bits per heavy atom. The van der Waals surface area contributed by atoms with Gasteiger partial charge in [-0.25, -0.2) is 4.79 Å². The summed E-state index contributed by atoms with van der Waals surface area (Å²) in [4.78, 5) is 23.1. The third-order valence-electron chi connectivity index (χ3n) is 4.83. The monoisotopic (exact) mass is 349 g/mol. The number of aliphatic carboxylic acids is 1. The molecule has 2 N–H and O–H groups in total. The molecule has 1 saturated carbocycles. The second-order valence-electron chi connectivity index (χ2n) is 6.70. The molecule has 0 heterocycles. The highest BCUT2D eigenvalue weighted by Gasteiger charge is 2.32. The van der Waals surface area contributed by atoms with Gasteiger partial charge in [-0.05, 0) is 42.9 Å². The molecule has 0 atom stereocenters. The Morgan fingerprint density at radius 2 is 2.00 bits per heavy atom. The highest BCUT2D eigenvalue weighted by Crippen LogP contribution is 2.38. The molecule has 1 aliphatic carbocycles. The molecule has 1 aromatic carbocycles. The van der Waals surface area contributed by atoms with Crippen molar-refractivity contribution in [3.05, 3.63) is 29.8 Å². The van der Waals surface area contributed by atoms with Gasteiger partial charge in [0.2, 0.25) is 0 Å². The van der Waals surface area contributed by atoms with E-state index in [-0.39, 0.29) is 11.3 Å². The Kier molecular flexibility index (Phi) is 7.25. The minimum absolute atomic E-state index is 0.112. The van der Waals surface area contributed by atoms with Gasteiger partial charge in [0.05, 0.1) is 0 Å². The topological polar surface area (TPSA) is 84.9 Å². The lowest BCUT2D eigenvalue weighted by atomic mass is 9.72. The Balaban J connectivity index is 1.95. The van der Waals surface area contributed by atoms with Crippen molar-refractivity contribution in [2.24, 2.45) is 5.41 Å². The molecule has 138 valence electrons. The van der Waals surface area contributed by atoms with Gasteiger partial charge in [0, 0.05) is 25.8 Å². The Labute approximate surface area is 148 Å². The van der Waals surface area contributed by atoms with E-state index >= 15 is 0 Å².